The van der Waals surface area contributed by atoms with E-state index in [0.717, 1.165) is 25.7 Å². The summed E-state index contributed by atoms with van der Waals surface area (Å²) in [5, 5.41) is 0. The van der Waals surface area contributed by atoms with E-state index in [9.17, 15) is 22.8 Å². The lowest BCUT2D eigenvalue weighted by molar-refractivity contribution is -0.210. The van der Waals surface area contributed by atoms with Gasteiger partial charge in [0.1, 0.15) is 6.10 Å². The van der Waals surface area contributed by atoms with Crippen LogP contribution in [0.15, 0.2) is 0 Å². The molecule has 0 aromatic heterocycles. The number of carbonyl (C=O) groups is 2. The summed E-state index contributed by atoms with van der Waals surface area (Å²) in [7, 11) is 1.45. The summed E-state index contributed by atoms with van der Waals surface area (Å²) in [6, 6.07) is 0. The number of rotatable bonds is 5. The van der Waals surface area contributed by atoms with Crippen LogP contribution in [0.2, 0.25) is 0 Å². The van der Waals surface area contributed by atoms with E-state index in [2.05, 4.69) is 20.8 Å². The van der Waals surface area contributed by atoms with Crippen molar-refractivity contribution in [3.05, 3.63) is 0 Å². The minimum absolute atomic E-state index is 0.125. The van der Waals surface area contributed by atoms with Crippen molar-refractivity contribution >= 4 is 11.9 Å². The number of hydrogen-bond donors (Lipinski definition) is 0. The van der Waals surface area contributed by atoms with Crippen molar-refractivity contribution in [2.24, 2.45) is 46.3 Å². The highest BCUT2D eigenvalue weighted by Crippen LogP contribution is 2.68. The van der Waals surface area contributed by atoms with Gasteiger partial charge in [0, 0.05) is 6.42 Å². The minimum Gasteiger partial charge on any atom is -0.469 e. The van der Waals surface area contributed by atoms with Gasteiger partial charge in [0.05, 0.1) is 7.11 Å². The fraction of sp³-hybridized carbons (Fsp3) is 0.926. The third-order valence-electron chi connectivity index (χ3n) is 10.9. The molecule has 7 heteroatoms. The summed E-state index contributed by atoms with van der Waals surface area (Å²) in [4.78, 5) is 23.1. The first-order valence-electron chi connectivity index (χ1n) is 13.2. The van der Waals surface area contributed by atoms with Gasteiger partial charge in [0.2, 0.25) is 0 Å². The minimum atomic E-state index is -4.92. The molecular weight excluding hydrogens is 445 g/mol. The summed E-state index contributed by atoms with van der Waals surface area (Å²) in [5.41, 5.74) is 0.430. The standard InChI is InChI=1S/C27H41F3O4/c1-16(5-10-23(31)33-4)20-8-9-21-19-7-6-17-15-18(34-24(32)27(28,29)30)11-13-25(17,2)22(19)12-14-26(20,21)3/h16-22H,5-15H2,1-4H3/t16-,17-,18-,19+,20-,21+,22+,25+,26-/m1/s1. The van der Waals surface area contributed by atoms with E-state index in [1.54, 1.807) is 0 Å². The number of methoxy groups -OCH3 is 1. The molecule has 9 atom stereocenters. The van der Waals surface area contributed by atoms with Crippen LogP contribution in [-0.4, -0.2) is 31.3 Å². The van der Waals surface area contributed by atoms with Gasteiger partial charge in [-0.2, -0.15) is 13.2 Å². The molecule has 0 aromatic carbocycles. The predicted octanol–water partition coefficient (Wildman–Crippen LogP) is 6.71. The largest absolute Gasteiger partial charge is 0.490 e. The first-order valence-corrected chi connectivity index (χ1v) is 13.2. The Balaban J connectivity index is 1.42. The summed E-state index contributed by atoms with van der Waals surface area (Å²) < 4.78 is 47.8. The van der Waals surface area contributed by atoms with Crippen molar-refractivity contribution in [1.82, 2.24) is 0 Å². The highest BCUT2D eigenvalue weighted by atomic mass is 19.4. The van der Waals surface area contributed by atoms with E-state index < -0.39 is 18.2 Å². The van der Waals surface area contributed by atoms with Gasteiger partial charge in [-0.25, -0.2) is 4.79 Å². The Morgan fingerprint density at radius 3 is 2.32 bits per heavy atom. The van der Waals surface area contributed by atoms with Crippen molar-refractivity contribution in [2.45, 2.75) is 104 Å². The van der Waals surface area contributed by atoms with Gasteiger partial charge < -0.3 is 9.47 Å². The molecule has 0 bridgehead atoms. The first-order chi connectivity index (χ1) is 15.9. The maximum absolute atomic E-state index is 12.7. The monoisotopic (exact) mass is 486 g/mol. The Morgan fingerprint density at radius 1 is 0.971 bits per heavy atom. The summed E-state index contributed by atoms with van der Waals surface area (Å²) in [5.74, 6) is 1.26. The van der Waals surface area contributed by atoms with Crippen molar-refractivity contribution < 1.29 is 32.2 Å². The Hall–Kier alpha value is -1.27. The molecule has 0 amide bonds. The molecule has 0 radical (unpaired) electrons. The van der Waals surface area contributed by atoms with Gasteiger partial charge in [-0.05, 0) is 111 Å². The maximum atomic E-state index is 12.7. The molecule has 0 saturated heterocycles. The summed E-state index contributed by atoms with van der Waals surface area (Å²) >= 11 is 0. The Kier molecular flexibility index (Phi) is 7.07. The van der Waals surface area contributed by atoms with Crippen molar-refractivity contribution in [3.63, 3.8) is 0 Å². The molecule has 0 N–H and O–H groups in total. The second-order valence-electron chi connectivity index (χ2n) is 12.3. The topological polar surface area (TPSA) is 52.6 Å². The number of fused-ring (bicyclic) bond motifs is 5. The van der Waals surface area contributed by atoms with Crippen LogP contribution in [-0.2, 0) is 19.1 Å². The van der Waals surface area contributed by atoms with Gasteiger partial charge in [0.15, 0.2) is 0 Å². The lowest BCUT2D eigenvalue weighted by atomic mass is 9.44. The van der Waals surface area contributed by atoms with Gasteiger partial charge in [-0.3, -0.25) is 4.79 Å². The third-order valence-corrected chi connectivity index (χ3v) is 10.9. The molecule has 4 fully saturated rings. The van der Waals surface area contributed by atoms with Crippen molar-refractivity contribution in [3.8, 4) is 0 Å². The van der Waals surface area contributed by atoms with E-state index in [0.29, 0.717) is 60.2 Å². The maximum Gasteiger partial charge on any atom is 0.490 e. The lowest BCUT2D eigenvalue weighted by Crippen LogP contribution is -2.54. The lowest BCUT2D eigenvalue weighted by Gasteiger charge is -2.61. The predicted molar refractivity (Wildman–Crippen MR) is 122 cm³/mol. The van der Waals surface area contributed by atoms with Gasteiger partial charge >= 0.3 is 18.1 Å². The second-order valence-corrected chi connectivity index (χ2v) is 12.3. The summed E-state index contributed by atoms with van der Waals surface area (Å²) in [6.45, 7) is 7.15. The van der Waals surface area contributed by atoms with E-state index in [-0.39, 0.29) is 11.4 Å². The van der Waals surface area contributed by atoms with Crippen LogP contribution in [0.4, 0.5) is 13.2 Å². The zero-order valence-corrected chi connectivity index (χ0v) is 21.1. The molecule has 0 heterocycles. The average Bonchev–Trinajstić information content (AvgIpc) is 3.14. The quantitative estimate of drug-likeness (QED) is 0.405. The molecule has 4 saturated carbocycles. The van der Waals surface area contributed by atoms with Gasteiger partial charge in [-0.15, -0.1) is 0 Å². The SMILES string of the molecule is COC(=O)CC[C@@H](C)[C@H]1CC[C@H]2[C@@H]3CC[C@@H]4C[C@H](OC(=O)C(F)(F)F)CC[C@]4(C)[C@H]3CC[C@]12C. The molecule has 0 spiro atoms. The molecule has 0 aromatic rings. The van der Waals surface area contributed by atoms with Gasteiger partial charge in [0.25, 0.3) is 0 Å². The molecular formula is C27H41F3O4. The number of hydrogen-bond acceptors (Lipinski definition) is 4. The van der Waals surface area contributed by atoms with Crippen LogP contribution < -0.4 is 0 Å². The van der Waals surface area contributed by atoms with Crippen LogP contribution in [0.25, 0.3) is 0 Å². The van der Waals surface area contributed by atoms with Crippen molar-refractivity contribution in [2.75, 3.05) is 7.11 Å². The highest BCUT2D eigenvalue weighted by molar-refractivity contribution is 5.75. The molecule has 4 nitrogen and oxygen atoms in total. The highest BCUT2D eigenvalue weighted by Gasteiger charge is 2.61. The smallest absolute Gasteiger partial charge is 0.469 e. The number of ether oxygens (including phenoxy) is 2. The molecule has 4 aliphatic rings. The van der Waals surface area contributed by atoms with E-state index >= 15 is 0 Å². The van der Waals surface area contributed by atoms with E-state index in [1.165, 1.54) is 32.8 Å². The molecule has 34 heavy (non-hydrogen) atoms. The van der Waals surface area contributed by atoms with Gasteiger partial charge in [-0.1, -0.05) is 20.8 Å². The molecule has 0 aliphatic heterocycles. The van der Waals surface area contributed by atoms with Crippen LogP contribution in [0.3, 0.4) is 0 Å². The number of halogens is 3. The zero-order valence-electron chi connectivity index (χ0n) is 21.1. The van der Waals surface area contributed by atoms with E-state index in [1.807, 2.05) is 0 Å². The zero-order chi connectivity index (χ0) is 24.9. The van der Waals surface area contributed by atoms with E-state index in [4.69, 9.17) is 9.47 Å². The van der Waals surface area contributed by atoms with Crippen LogP contribution >= 0.6 is 0 Å². The number of esters is 2. The van der Waals surface area contributed by atoms with Crippen LogP contribution in [0, 0.1) is 46.3 Å². The second kappa shape index (κ2) is 9.31. The Morgan fingerprint density at radius 2 is 1.65 bits per heavy atom. The first kappa shape index (κ1) is 25.8. The Labute approximate surface area is 201 Å². The van der Waals surface area contributed by atoms with Crippen LogP contribution in [0.1, 0.15) is 91.4 Å². The molecule has 194 valence electrons. The fourth-order valence-electron chi connectivity index (χ4n) is 9.17. The molecule has 0 unspecified atom stereocenters. The fourth-order valence-corrected chi connectivity index (χ4v) is 9.17. The van der Waals surface area contributed by atoms with Crippen molar-refractivity contribution in [1.29, 1.82) is 0 Å². The molecule has 4 aliphatic carbocycles. The molecule has 4 rings (SSSR count). The number of carbonyl (C=O) groups excluding carboxylic acids is 2. The number of alkyl halides is 3. The summed E-state index contributed by atoms with van der Waals surface area (Å²) in [6.07, 6.45) is 4.79. The van der Waals surface area contributed by atoms with Crippen LogP contribution in [0.5, 0.6) is 0 Å². The normalized spacial score (nSPS) is 42.7. The third kappa shape index (κ3) is 4.50. The average molecular weight is 487 g/mol. The Bertz CT molecular complexity index is 782.